The zero-order chi connectivity index (χ0) is 18.1. The smallest absolute Gasteiger partial charge is 0.161 e. The number of hydrogen-bond donors (Lipinski definition) is 3. The third-order valence-electron chi connectivity index (χ3n) is 4.54. The van der Waals surface area contributed by atoms with E-state index in [0.29, 0.717) is 47.7 Å². The molecule has 2 aliphatic rings. The summed E-state index contributed by atoms with van der Waals surface area (Å²) in [6, 6.07) is 4.73. The number of aromatic nitrogens is 2. The van der Waals surface area contributed by atoms with Gasteiger partial charge in [-0.15, -0.1) is 0 Å². The summed E-state index contributed by atoms with van der Waals surface area (Å²) in [6.07, 6.45) is 4.23. The third kappa shape index (κ3) is 3.03. The van der Waals surface area contributed by atoms with Crippen molar-refractivity contribution in [2.75, 3.05) is 18.5 Å². The molecule has 0 radical (unpaired) electrons. The minimum absolute atomic E-state index is 0.00612. The maximum absolute atomic E-state index is 14.0. The van der Waals surface area contributed by atoms with Crippen LogP contribution in [0.15, 0.2) is 35.7 Å². The molecule has 4 N–H and O–H groups in total. The van der Waals surface area contributed by atoms with E-state index in [2.05, 4.69) is 15.4 Å². The van der Waals surface area contributed by atoms with E-state index in [0.717, 1.165) is 18.2 Å². The lowest BCUT2D eigenvalue weighted by molar-refractivity contribution is 0.222. The summed E-state index contributed by atoms with van der Waals surface area (Å²) in [4.78, 5) is 8.92. The van der Waals surface area contributed by atoms with Crippen molar-refractivity contribution in [3.05, 3.63) is 58.9 Å². The van der Waals surface area contributed by atoms with Crippen LogP contribution < -0.4 is 21.4 Å². The van der Waals surface area contributed by atoms with Gasteiger partial charge < -0.3 is 21.0 Å². The number of rotatable bonds is 4. The van der Waals surface area contributed by atoms with Gasteiger partial charge in [0, 0.05) is 29.8 Å². The van der Waals surface area contributed by atoms with Gasteiger partial charge in [0.1, 0.15) is 17.7 Å². The molecule has 0 fully saturated rings. The molecule has 0 saturated carbocycles. The van der Waals surface area contributed by atoms with Crippen LogP contribution in [-0.4, -0.2) is 34.0 Å². The number of nitrogens with two attached hydrogens (primary N) is 1. The summed E-state index contributed by atoms with van der Waals surface area (Å²) in [7, 11) is 0. The van der Waals surface area contributed by atoms with Gasteiger partial charge in [0.05, 0.1) is 24.9 Å². The highest BCUT2D eigenvalue weighted by Gasteiger charge is 2.25. The van der Waals surface area contributed by atoms with E-state index in [1.54, 1.807) is 16.9 Å². The van der Waals surface area contributed by atoms with Gasteiger partial charge in [0.25, 0.3) is 0 Å². The highest BCUT2D eigenvalue weighted by atomic mass is 19.1. The molecule has 0 spiro atoms. The first kappa shape index (κ1) is 16.6. The third-order valence-corrected chi connectivity index (χ3v) is 4.54. The Labute approximate surface area is 149 Å². The molecule has 26 heavy (non-hydrogen) atoms. The second kappa shape index (κ2) is 6.80. The van der Waals surface area contributed by atoms with Gasteiger partial charge >= 0.3 is 0 Å². The molecule has 1 unspecified atom stereocenters. The Balaban J connectivity index is 1.63. The summed E-state index contributed by atoms with van der Waals surface area (Å²) in [5, 5.41) is 9.26. The van der Waals surface area contributed by atoms with Gasteiger partial charge in [-0.2, -0.15) is 0 Å². The van der Waals surface area contributed by atoms with Crippen LogP contribution in [0.25, 0.3) is 5.57 Å². The summed E-state index contributed by atoms with van der Waals surface area (Å²) in [5.41, 5.74) is 11.4. The molecule has 0 amide bonds. The molecular formula is C18H20FN5O2. The molecule has 1 aromatic heterocycles. The molecule has 7 nitrogen and oxygen atoms in total. The number of fused-ring (bicyclic) bond motifs is 2. The lowest BCUT2D eigenvalue weighted by Gasteiger charge is -2.10. The van der Waals surface area contributed by atoms with Crippen LogP contribution in [-0.2, 0) is 13.0 Å². The molecule has 136 valence electrons. The van der Waals surface area contributed by atoms with E-state index in [1.807, 2.05) is 0 Å². The standard InChI is InChI=1S/C18H20FN5O2/c19-14-5-11-7-15(1-3-20)26-17(11)12(6-14)8-21-16-2-4-24-18(23-16)13(10-25)9-22-24/h2,4-6,10,15,22,25H,1,3,7-9,20H2. The topological polar surface area (TPSA) is 97.7 Å². The number of hydrogen-bond acceptors (Lipinski definition) is 6. The van der Waals surface area contributed by atoms with E-state index in [1.165, 1.54) is 12.1 Å². The van der Waals surface area contributed by atoms with E-state index in [4.69, 9.17) is 10.5 Å². The van der Waals surface area contributed by atoms with Crippen molar-refractivity contribution in [3.8, 4) is 5.75 Å². The number of nitrogens with one attached hydrogen (secondary N) is 1. The van der Waals surface area contributed by atoms with Crippen LogP contribution in [0.5, 0.6) is 5.75 Å². The van der Waals surface area contributed by atoms with Gasteiger partial charge in [-0.3, -0.25) is 4.99 Å². The Bertz CT molecular complexity index is 938. The van der Waals surface area contributed by atoms with Gasteiger partial charge in [-0.1, -0.05) is 0 Å². The summed E-state index contributed by atoms with van der Waals surface area (Å²) < 4.78 is 21.6. The molecule has 2 aromatic rings. The van der Waals surface area contributed by atoms with Gasteiger partial charge in [-0.25, -0.2) is 14.1 Å². The lowest BCUT2D eigenvalue weighted by Crippen LogP contribution is -2.18. The normalized spacial score (nSPS) is 20.0. The van der Waals surface area contributed by atoms with Crippen LogP contribution in [0, 0.1) is 5.82 Å². The van der Waals surface area contributed by atoms with E-state index >= 15 is 0 Å². The minimum atomic E-state index is -0.293. The average Bonchev–Trinajstić information content (AvgIpc) is 3.22. The highest BCUT2D eigenvalue weighted by Crippen LogP contribution is 2.34. The quantitative estimate of drug-likeness (QED) is 0.715. The fraction of sp³-hybridized carbons (Fsp3) is 0.333. The first-order valence-corrected chi connectivity index (χ1v) is 8.53. The second-order valence-corrected chi connectivity index (χ2v) is 6.36. The summed E-state index contributed by atoms with van der Waals surface area (Å²) >= 11 is 0. The molecule has 3 heterocycles. The summed E-state index contributed by atoms with van der Waals surface area (Å²) in [5.74, 6) is 1.03. The fourth-order valence-electron chi connectivity index (χ4n) is 3.31. The number of aliphatic hydroxyl groups is 1. The van der Waals surface area contributed by atoms with Crippen molar-refractivity contribution < 1.29 is 14.2 Å². The lowest BCUT2D eigenvalue weighted by atomic mass is 10.0. The first-order valence-electron chi connectivity index (χ1n) is 8.53. The largest absolute Gasteiger partial charge is 0.515 e. The maximum atomic E-state index is 14.0. The molecule has 0 aliphatic carbocycles. The van der Waals surface area contributed by atoms with Crippen molar-refractivity contribution in [1.82, 2.24) is 9.66 Å². The second-order valence-electron chi connectivity index (χ2n) is 6.36. The Hall–Kier alpha value is -2.87. The monoisotopic (exact) mass is 357 g/mol. The van der Waals surface area contributed by atoms with Crippen molar-refractivity contribution in [2.45, 2.75) is 25.5 Å². The van der Waals surface area contributed by atoms with Crippen LogP contribution in [0.2, 0.25) is 0 Å². The van der Waals surface area contributed by atoms with Crippen LogP contribution in [0.4, 0.5) is 4.39 Å². The predicted molar refractivity (Wildman–Crippen MR) is 94.5 cm³/mol. The van der Waals surface area contributed by atoms with Crippen LogP contribution >= 0.6 is 0 Å². The molecule has 2 aliphatic heterocycles. The Morgan fingerprint density at radius 3 is 3.19 bits per heavy atom. The molecule has 4 rings (SSSR count). The van der Waals surface area contributed by atoms with Gasteiger partial charge in [0.15, 0.2) is 11.3 Å². The van der Waals surface area contributed by atoms with E-state index in [9.17, 15) is 9.50 Å². The van der Waals surface area contributed by atoms with Gasteiger partial charge in [-0.05, 0) is 25.1 Å². The SMILES string of the molecule is NCCC1Cc2cc(F)cc(CN=c3ccn4c(n3)C(=CO)CN4)c2O1. The number of aliphatic hydroxyl groups excluding tert-OH is 1. The summed E-state index contributed by atoms with van der Waals surface area (Å²) in [6.45, 7) is 1.30. The number of halogens is 1. The molecule has 1 aromatic carbocycles. The van der Waals surface area contributed by atoms with Crippen LogP contribution in [0.1, 0.15) is 23.4 Å². The molecule has 0 bridgehead atoms. The van der Waals surface area contributed by atoms with E-state index < -0.39 is 0 Å². The number of ether oxygens (including phenoxy) is 1. The Kier molecular flexibility index (Phi) is 4.34. The van der Waals surface area contributed by atoms with E-state index in [-0.39, 0.29) is 18.5 Å². The molecule has 0 saturated heterocycles. The zero-order valence-electron chi connectivity index (χ0n) is 14.2. The van der Waals surface area contributed by atoms with Crippen molar-refractivity contribution in [2.24, 2.45) is 10.7 Å². The van der Waals surface area contributed by atoms with Crippen molar-refractivity contribution in [1.29, 1.82) is 0 Å². The Morgan fingerprint density at radius 1 is 1.50 bits per heavy atom. The van der Waals surface area contributed by atoms with Gasteiger partial charge in [0.2, 0.25) is 0 Å². The first-order chi connectivity index (χ1) is 12.7. The molecular weight excluding hydrogens is 337 g/mol. The predicted octanol–water partition coefficient (Wildman–Crippen LogP) is 1.23. The Morgan fingerprint density at radius 2 is 2.38 bits per heavy atom. The fourth-order valence-corrected chi connectivity index (χ4v) is 3.31. The molecule has 8 heteroatoms. The number of nitrogens with zero attached hydrogens (tertiary/aromatic N) is 3. The average molecular weight is 357 g/mol. The van der Waals surface area contributed by atoms with Crippen molar-refractivity contribution >= 4 is 5.57 Å². The number of benzene rings is 1. The van der Waals surface area contributed by atoms with Crippen LogP contribution in [0.3, 0.4) is 0 Å². The highest BCUT2D eigenvalue weighted by molar-refractivity contribution is 5.64. The maximum Gasteiger partial charge on any atom is 0.161 e. The minimum Gasteiger partial charge on any atom is -0.515 e. The zero-order valence-corrected chi connectivity index (χ0v) is 14.2. The van der Waals surface area contributed by atoms with Crippen molar-refractivity contribution in [3.63, 3.8) is 0 Å². The molecule has 1 atom stereocenters.